The van der Waals surface area contributed by atoms with E-state index in [2.05, 4.69) is 11.9 Å². The van der Waals surface area contributed by atoms with Gasteiger partial charge in [0.1, 0.15) is 12.4 Å². The molecule has 0 aliphatic rings. The topological polar surface area (TPSA) is 64.4 Å². The van der Waals surface area contributed by atoms with Crippen molar-refractivity contribution >= 4 is 5.69 Å². The fourth-order valence-electron chi connectivity index (χ4n) is 1.60. The smallest absolute Gasteiger partial charge is 0.270 e. The maximum absolute atomic E-state index is 10.9. The highest BCUT2D eigenvalue weighted by Crippen LogP contribution is 2.25. The van der Waals surface area contributed by atoms with Crippen LogP contribution in [0.25, 0.3) is 0 Å². The first-order chi connectivity index (χ1) is 9.73. The minimum absolute atomic E-state index is 0.0716. The maximum Gasteiger partial charge on any atom is 0.270 e. The van der Waals surface area contributed by atoms with Crippen LogP contribution < -0.4 is 10.1 Å². The molecule has 0 aromatic heterocycles. The predicted molar refractivity (Wildman–Crippen MR) is 84.6 cm³/mol. The van der Waals surface area contributed by atoms with Gasteiger partial charge >= 0.3 is 0 Å². The van der Waals surface area contributed by atoms with E-state index in [-0.39, 0.29) is 11.2 Å². The van der Waals surface area contributed by atoms with E-state index in [1.165, 1.54) is 6.07 Å². The third-order valence-corrected chi connectivity index (χ3v) is 3.00. The lowest BCUT2D eigenvalue weighted by molar-refractivity contribution is -0.384. The van der Waals surface area contributed by atoms with Gasteiger partial charge in [0, 0.05) is 29.8 Å². The monoisotopic (exact) mass is 292 g/mol. The molecule has 0 saturated carbocycles. The van der Waals surface area contributed by atoms with Crippen molar-refractivity contribution < 1.29 is 9.66 Å². The van der Waals surface area contributed by atoms with E-state index in [1.807, 2.05) is 27.7 Å². The SMILES string of the molecule is C=C(CC)COc1ccc([N+](=O)[O-])cc1CNC(C)(C)C. The maximum atomic E-state index is 10.9. The lowest BCUT2D eigenvalue weighted by atomic mass is 10.1. The molecule has 1 aromatic carbocycles. The predicted octanol–water partition coefficient (Wildman–Crippen LogP) is 3.83. The van der Waals surface area contributed by atoms with Gasteiger partial charge < -0.3 is 10.1 Å². The van der Waals surface area contributed by atoms with E-state index in [9.17, 15) is 10.1 Å². The van der Waals surface area contributed by atoms with Crippen LogP contribution in [0.1, 0.15) is 39.7 Å². The first-order valence-electron chi connectivity index (χ1n) is 7.04. The number of hydrogen-bond acceptors (Lipinski definition) is 4. The number of hydrogen-bond donors (Lipinski definition) is 1. The zero-order chi connectivity index (χ0) is 16.0. The molecule has 1 N–H and O–H groups in total. The summed E-state index contributed by atoms with van der Waals surface area (Å²) in [7, 11) is 0. The number of nitrogens with zero attached hydrogens (tertiary/aromatic N) is 1. The fraction of sp³-hybridized carbons (Fsp3) is 0.500. The Kier molecular flexibility index (Phi) is 5.90. The standard InChI is InChI=1S/C16H24N2O3/c1-6-12(2)11-21-15-8-7-14(18(19)20)9-13(15)10-17-16(3,4)5/h7-9,17H,2,6,10-11H2,1,3-5H3. The molecule has 0 unspecified atom stereocenters. The Balaban J connectivity index is 2.94. The number of rotatable bonds is 7. The van der Waals surface area contributed by atoms with Crippen LogP contribution in [0.4, 0.5) is 5.69 Å². The van der Waals surface area contributed by atoms with Crippen molar-refractivity contribution in [3.8, 4) is 5.75 Å². The lowest BCUT2D eigenvalue weighted by Crippen LogP contribution is -2.35. The van der Waals surface area contributed by atoms with Crippen LogP contribution >= 0.6 is 0 Å². The van der Waals surface area contributed by atoms with Gasteiger partial charge in [0.05, 0.1) is 4.92 Å². The van der Waals surface area contributed by atoms with Gasteiger partial charge in [-0.1, -0.05) is 13.5 Å². The first-order valence-corrected chi connectivity index (χ1v) is 7.04. The lowest BCUT2D eigenvalue weighted by Gasteiger charge is -2.21. The molecule has 5 nitrogen and oxygen atoms in total. The summed E-state index contributed by atoms with van der Waals surface area (Å²) in [5, 5.41) is 14.2. The Morgan fingerprint density at radius 3 is 2.62 bits per heavy atom. The minimum Gasteiger partial charge on any atom is -0.489 e. The van der Waals surface area contributed by atoms with E-state index >= 15 is 0 Å². The average Bonchev–Trinajstić information content (AvgIpc) is 2.41. The molecule has 0 radical (unpaired) electrons. The van der Waals surface area contributed by atoms with E-state index < -0.39 is 4.92 Å². The second-order valence-electron chi connectivity index (χ2n) is 6.04. The summed E-state index contributed by atoms with van der Waals surface area (Å²) in [5.41, 5.74) is 1.77. The molecule has 0 aliphatic heterocycles. The molecule has 0 heterocycles. The molecule has 5 heteroatoms. The van der Waals surface area contributed by atoms with Crippen molar-refractivity contribution in [3.05, 3.63) is 46.0 Å². The molecule has 0 saturated heterocycles. The molecular weight excluding hydrogens is 268 g/mol. The van der Waals surface area contributed by atoms with Crippen LogP contribution in [-0.2, 0) is 6.54 Å². The first kappa shape index (κ1) is 17.2. The molecule has 0 bridgehead atoms. The van der Waals surface area contributed by atoms with E-state index in [4.69, 9.17) is 4.74 Å². The molecular formula is C16H24N2O3. The molecule has 116 valence electrons. The Morgan fingerprint density at radius 2 is 2.10 bits per heavy atom. The van der Waals surface area contributed by atoms with Crippen molar-refractivity contribution in [2.24, 2.45) is 0 Å². The molecule has 0 aliphatic carbocycles. The molecule has 0 amide bonds. The third kappa shape index (κ3) is 5.95. The summed E-state index contributed by atoms with van der Waals surface area (Å²) in [5.74, 6) is 0.659. The molecule has 1 aromatic rings. The summed E-state index contributed by atoms with van der Waals surface area (Å²) < 4.78 is 5.73. The van der Waals surface area contributed by atoms with Gasteiger partial charge in [0.25, 0.3) is 5.69 Å². The number of non-ortho nitro benzene ring substituents is 1. The van der Waals surface area contributed by atoms with Gasteiger partial charge in [0.15, 0.2) is 0 Å². The van der Waals surface area contributed by atoms with Gasteiger partial charge in [-0.2, -0.15) is 0 Å². The number of nitrogens with one attached hydrogen (secondary N) is 1. The van der Waals surface area contributed by atoms with E-state index in [0.717, 1.165) is 17.6 Å². The van der Waals surface area contributed by atoms with Gasteiger partial charge in [-0.25, -0.2) is 0 Å². The van der Waals surface area contributed by atoms with Crippen LogP contribution in [0.15, 0.2) is 30.4 Å². The van der Waals surface area contributed by atoms with Crippen LogP contribution in [0.5, 0.6) is 5.75 Å². The molecule has 1 rings (SSSR count). The van der Waals surface area contributed by atoms with E-state index in [1.54, 1.807) is 12.1 Å². The van der Waals surface area contributed by atoms with Crippen molar-refractivity contribution in [2.75, 3.05) is 6.61 Å². The number of ether oxygens (including phenoxy) is 1. The second kappa shape index (κ2) is 7.22. The zero-order valence-electron chi connectivity index (χ0n) is 13.2. The van der Waals surface area contributed by atoms with Gasteiger partial charge in [0.2, 0.25) is 0 Å². The normalized spacial score (nSPS) is 11.2. The number of nitro benzene ring substituents is 1. The zero-order valence-corrected chi connectivity index (χ0v) is 13.2. The summed E-state index contributed by atoms with van der Waals surface area (Å²) in [4.78, 5) is 10.5. The van der Waals surface area contributed by atoms with Crippen molar-refractivity contribution in [1.82, 2.24) is 5.32 Å². The average molecular weight is 292 g/mol. The van der Waals surface area contributed by atoms with Gasteiger partial charge in [-0.3, -0.25) is 10.1 Å². The third-order valence-electron chi connectivity index (χ3n) is 3.00. The van der Waals surface area contributed by atoms with Crippen molar-refractivity contribution in [1.29, 1.82) is 0 Å². The molecule has 0 atom stereocenters. The van der Waals surface area contributed by atoms with Gasteiger partial charge in [-0.15, -0.1) is 0 Å². The Labute approximate surface area is 126 Å². The highest BCUT2D eigenvalue weighted by molar-refractivity contribution is 5.44. The largest absolute Gasteiger partial charge is 0.489 e. The Bertz CT molecular complexity index is 519. The van der Waals surface area contributed by atoms with Crippen molar-refractivity contribution in [3.63, 3.8) is 0 Å². The highest BCUT2D eigenvalue weighted by atomic mass is 16.6. The summed E-state index contributed by atoms with van der Waals surface area (Å²) in [6.45, 7) is 13.0. The molecule has 21 heavy (non-hydrogen) atoms. The van der Waals surface area contributed by atoms with Gasteiger partial charge in [-0.05, 0) is 38.8 Å². The highest BCUT2D eigenvalue weighted by Gasteiger charge is 2.15. The summed E-state index contributed by atoms with van der Waals surface area (Å²) in [6.07, 6.45) is 0.850. The number of nitro groups is 1. The van der Waals surface area contributed by atoms with E-state index in [0.29, 0.717) is 18.9 Å². The summed E-state index contributed by atoms with van der Waals surface area (Å²) >= 11 is 0. The molecule has 0 spiro atoms. The Morgan fingerprint density at radius 1 is 1.43 bits per heavy atom. The second-order valence-corrected chi connectivity index (χ2v) is 6.04. The Hall–Kier alpha value is -1.88. The summed E-state index contributed by atoms with van der Waals surface area (Å²) in [6, 6.07) is 4.67. The van der Waals surface area contributed by atoms with Crippen molar-refractivity contribution in [2.45, 2.75) is 46.2 Å². The quantitative estimate of drug-likeness (QED) is 0.471. The minimum atomic E-state index is -0.394. The van der Waals surface area contributed by atoms with Crippen LogP contribution in [0.2, 0.25) is 0 Å². The van der Waals surface area contributed by atoms with Crippen LogP contribution in [-0.4, -0.2) is 17.1 Å². The van der Waals surface area contributed by atoms with Crippen LogP contribution in [0.3, 0.4) is 0 Å². The fourth-order valence-corrected chi connectivity index (χ4v) is 1.60. The molecule has 0 fully saturated rings. The number of benzene rings is 1. The van der Waals surface area contributed by atoms with Crippen LogP contribution in [0, 0.1) is 10.1 Å².